The summed E-state index contributed by atoms with van der Waals surface area (Å²) < 4.78 is 39.2. The quantitative estimate of drug-likeness (QED) is 0.935. The Morgan fingerprint density at radius 1 is 1.43 bits per heavy atom. The van der Waals surface area contributed by atoms with E-state index in [0.29, 0.717) is 0 Å². The Hall–Kier alpha value is -2.45. The van der Waals surface area contributed by atoms with Crippen LogP contribution in [0.3, 0.4) is 0 Å². The molecule has 0 aliphatic carbocycles. The van der Waals surface area contributed by atoms with Crippen molar-refractivity contribution in [3.05, 3.63) is 29.8 Å². The van der Waals surface area contributed by atoms with Crippen molar-refractivity contribution in [1.82, 2.24) is 20.2 Å². The maximum atomic E-state index is 12.7. The van der Waals surface area contributed by atoms with Crippen LogP contribution in [-0.2, 0) is 17.5 Å². The van der Waals surface area contributed by atoms with Gasteiger partial charge in [-0.1, -0.05) is 19.1 Å². The summed E-state index contributed by atoms with van der Waals surface area (Å²) in [5.74, 6) is -1.72. The predicted octanol–water partition coefficient (Wildman–Crippen LogP) is 2.08. The summed E-state index contributed by atoms with van der Waals surface area (Å²) in [6, 6.07) is 4.55. The van der Waals surface area contributed by atoms with Crippen molar-refractivity contribution in [1.29, 1.82) is 0 Å². The molecule has 0 amide bonds. The number of hydrogen-bond donors (Lipinski definition) is 1. The minimum atomic E-state index is -4.47. The van der Waals surface area contributed by atoms with E-state index in [1.54, 1.807) is 0 Å². The fourth-order valence-electron chi connectivity index (χ4n) is 1.71. The molecule has 1 N–H and O–H groups in total. The molecular weight excluding hydrogens is 289 g/mol. The highest BCUT2D eigenvalue weighted by Crippen LogP contribution is 2.31. The number of carboxylic acid groups (broad SMARTS) is 1. The molecular formula is C12H11F3N4O2. The molecule has 2 rings (SSSR count). The summed E-state index contributed by atoms with van der Waals surface area (Å²) in [4.78, 5) is 10.8. The fraction of sp³-hybridized carbons (Fsp3) is 0.333. The standard InChI is InChI=1S/C12H11F3N4O2/c1-7(11(20)21)6-19-10(16-17-18-19)8-3-2-4-9(5-8)12(13,14)15/h2-5,7H,6H2,1H3,(H,20,21). The van der Waals surface area contributed by atoms with E-state index in [2.05, 4.69) is 15.5 Å². The zero-order valence-electron chi connectivity index (χ0n) is 10.9. The molecule has 1 aromatic carbocycles. The number of halogens is 3. The van der Waals surface area contributed by atoms with Crippen LogP contribution in [0.1, 0.15) is 12.5 Å². The molecule has 0 saturated carbocycles. The van der Waals surface area contributed by atoms with Gasteiger partial charge in [0, 0.05) is 5.56 Å². The summed E-state index contributed by atoms with van der Waals surface area (Å²) in [7, 11) is 0. The molecule has 0 aliphatic rings. The molecule has 1 atom stereocenters. The van der Waals surface area contributed by atoms with Crippen molar-refractivity contribution in [2.75, 3.05) is 0 Å². The number of rotatable bonds is 4. The molecule has 0 bridgehead atoms. The average Bonchev–Trinajstić information content (AvgIpc) is 2.86. The zero-order valence-corrected chi connectivity index (χ0v) is 10.9. The van der Waals surface area contributed by atoms with Crippen molar-refractivity contribution >= 4 is 5.97 Å². The average molecular weight is 300 g/mol. The lowest BCUT2D eigenvalue weighted by Gasteiger charge is -2.10. The highest BCUT2D eigenvalue weighted by Gasteiger charge is 2.31. The van der Waals surface area contributed by atoms with Crippen LogP contribution in [0.25, 0.3) is 11.4 Å². The molecule has 1 heterocycles. The Morgan fingerprint density at radius 2 is 2.14 bits per heavy atom. The number of aliphatic carboxylic acids is 1. The van der Waals surface area contributed by atoms with Crippen molar-refractivity contribution in [2.45, 2.75) is 19.6 Å². The lowest BCUT2D eigenvalue weighted by atomic mass is 10.1. The lowest BCUT2D eigenvalue weighted by Crippen LogP contribution is -2.18. The molecule has 112 valence electrons. The highest BCUT2D eigenvalue weighted by atomic mass is 19.4. The first kappa shape index (κ1) is 14.9. The van der Waals surface area contributed by atoms with Gasteiger partial charge in [0.15, 0.2) is 5.82 Å². The van der Waals surface area contributed by atoms with E-state index in [0.717, 1.165) is 12.1 Å². The van der Waals surface area contributed by atoms with Crippen LogP contribution in [0.15, 0.2) is 24.3 Å². The van der Waals surface area contributed by atoms with Gasteiger partial charge in [0.25, 0.3) is 0 Å². The highest BCUT2D eigenvalue weighted by molar-refractivity contribution is 5.69. The minimum absolute atomic E-state index is 0.0338. The second-order valence-electron chi connectivity index (χ2n) is 4.50. The number of tetrazole rings is 1. The molecule has 0 saturated heterocycles. The molecule has 6 nitrogen and oxygen atoms in total. The number of carbonyl (C=O) groups is 1. The van der Waals surface area contributed by atoms with Crippen LogP contribution in [0.4, 0.5) is 13.2 Å². The van der Waals surface area contributed by atoms with Crippen LogP contribution in [0, 0.1) is 5.92 Å². The van der Waals surface area contributed by atoms with Crippen LogP contribution in [0.2, 0.25) is 0 Å². The number of hydrogen-bond acceptors (Lipinski definition) is 4. The van der Waals surface area contributed by atoms with Gasteiger partial charge in [0.05, 0.1) is 18.0 Å². The largest absolute Gasteiger partial charge is 0.481 e. The molecule has 1 unspecified atom stereocenters. The molecule has 0 radical (unpaired) electrons. The van der Waals surface area contributed by atoms with E-state index >= 15 is 0 Å². The van der Waals surface area contributed by atoms with Gasteiger partial charge in [-0.25, -0.2) is 4.68 Å². The van der Waals surface area contributed by atoms with Crippen LogP contribution in [-0.4, -0.2) is 31.3 Å². The van der Waals surface area contributed by atoms with E-state index in [1.165, 1.54) is 23.7 Å². The molecule has 0 spiro atoms. The minimum Gasteiger partial charge on any atom is -0.481 e. The second-order valence-corrected chi connectivity index (χ2v) is 4.50. The first-order chi connectivity index (χ1) is 9.79. The van der Waals surface area contributed by atoms with Crippen LogP contribution < -0.4 is 0 Å². The van der Waals surface area contributed by atoms with Crippen molar-refractivity contribution in [3.63, 3.8) is 0 Å². The summed E-state index contributed by atoms with van der Waals surface area (Å²) in [6.45, 7) is 1.42. The summed E-state index contributed by atoms with van der Waals surface area (Å²) in [6.07, 6.45) is -4.47. The van der Waals surface area contributed by atoms with Crippen molar-refractivity contribution in [2.24, 2.45) is 5.92 Å². The Labute approximate surface area is 117 Å². The van der Waals surface area contributed by atoms with Gasteiger partial charge in [-0.3, -0.25) is 4.79 Å². The van der Waals surface area contributed by atoms with Gasteiger partial charge < -0.3 is 5.11 Å². The number of benzene rings is 1. The number of aromatic nitrogens is 4. The van der Waals surface area contributed by atoms with E-state index in [-0.39, 0.29) is 17.9 Å². The Bertz CT molecular complexity index is 654. The summed E-state index contributed by atoms with van der Waals surface area (Å²) in [5.41, 5.74) is -0.645. The van der Waals surface area contributed by atoms with Gasteiger partial charge in [0.1, 0.15) is 0 Å². The van der Waals surface area contributed by atoms with E-state index in [1.807, 2.05) is 0 Å². The van der Waals surface area contributed by atoms with Gasteiger partial charge in [-0.2, -0.15) is 13.2 Å². The number of carboxylic acids is 1. The van der Waals surface area contributed by atoms with Crippen LogP contribution in [0.5, 0.6) is 0 Å². The van der Waals surface area contributed by atoms with Gasteiger partial charge in [-0.15, -0.1) is 5.10 Å². The normalized spacial score (nSPS) is 13.1. The maximum Gasteiger partial charge on any atom is 0.416 e. The maximum absolute atomic E-state index is 12.7. The predicted molar refractivity (Wildman–Crippen MR) is 65.1 cm³/mol. The summed E-state index contributed by atoms with van der Waals surface area (Å²) >= 11 is 0. The van der Waals surface area contributed by atoms with Gasteiger partial charge >= 0.3 is 12.1 Å². The zero-order chi connectivity index (χ0) is 15.6. The smallest absolute Gasteiger partial charge is 0.416 e. The topological polar surface area (TPSA) is 80.9 Å². The molecule has 21 heavy (non-hydrogen) atoms. The first-order valence-electron chi connectivity index (χ1n) is 5.95. The fourth-order valence-corrected chi connectivity index (χ4v) is 1.71. The number of nitrogens with zero attached hydrogens (tertiary/aromatic N) is 4. The molecule has 9 heteroatoms. The Kier molecular flexibility index (Phi) is 3.92. The molecule has 0 aliphatic heterocycles. The lowest BCUT2D eigenvalue weighted by molar-refractivity contribution is -0.141. The third-order valence-electron chi connectivity index (χ3n) is 2.85. The number of alkyl halides is 3. The summed E-state index contributed by atoms with van der Waals surface area (Å²) in [5, 5.41) is 19.5. The SMILES string of the molecule is CC(Cn1nnnc1-c1cccc(C(F)(F)F)c1)C(=O)O. The second kappa shape index (κ2) is 5.51. The monoisotopic (exact) mass is 300 g/mol. The van der Waals surface area contributed by atoms with E-state index < -0.39 is 23.6 Å². The van der Waals surface area contributed by atoms with Crippen molar-refractivity contribution < 1.29 is 23.1 Å². The van der Waals surface area contributed by atoms with Gasteiger partial charge in [0.2, 0.25) is 0 Å². The third kappa shape index (κ3) is 3.36. The third-order valence-corrected chi connectivity index (χ3v) is 2.85. The van der Waals surface area contributed by atoms with Crippen LogP contribution >= 0.6 is 0 Å². The van der Waals surface area contributed by atoms with E-state index in [4.69, 9.17) is 5.11 Å². The Balaban J connectivity index is 2.35. The molecule has 0 fully saturated rings. The van der Waals surface area contributed by atoms with E-state index in [9.17, 15) is 18.0 Å². The van der Waals surface area contributed by atoms with Gasteiger partial charge in [-0.05, 0) is 22.6 Å². The first-order valence-corrected chi connectivity index (χ1v) is 5.95. The molecule has 2 aromatic rings. The van der Waals surface area contributed by atoms with Crippen molar-refractivity contribution in [3.8, 4) is 11.4 Å². The Morgan fingerprint density at radius 3 is 2.76 bits per heavy atom. The molecule has 1 aromatic heterocycles.